The fourth-order valence-corrected chi connectivity index (χ4v) is 2.95. The van der Waals surface area contributed by atoms with E-state index in [-0.39, 0.29) is 23.0 Å². The van der Waals surface area contributed by atoms with E-state index in [4.69, 9.17) is 4.42 Å². The van der Waals surface area contributed by atoms with Gasteiger partial charge in [0.15, 0.2) is 11.2 Å². The van der Waals surface area contributed by atoms with Gasteiger partial charge in [-0.2, -0.15) is 0 Å². The molecule has 6 nitrogen and oxygen atoms in total. The predicted molar refractivity (Wildman–Crippen MR) is 94.4 cm³/mol. The van der Waals surface area contributed by atoms with Crippen LogP contribution in [0.3, 0.4) is 0 Å². The largest absolute Gasteiger partial charge is 0.451 e. The predicted octanol–water partition coefficient (Wildman–Crippen LogP) is 2.12. The van der Waals surface area contributed by atoms with Gasteiger partial charge in [0, 0.05) is 37.7 Å². The van der Waals surface area contributed by atoms with Crippen molar-refractivity contribution in [2.75, 3.05) is 26.2 Å². The standard InChI is InChI=1S/C19H22N2O4/c1-19(2,3)18(24)21-10-8-20(9-11-21)17(23)16-12-14(22)13-6-4-5-7-15(13)25-16/h4-7,12H,8-11H2,1-3H3. The van der Waals surface area contributed by atoms with Crippen LogP contribution < -0.4 is 5.43 Å². The molecular weight excluding hydrogens is 320 g/mol. The molecule has 0 bridgehead atoms. The van der Waals surface area contributed by atoms with Crippen molar-refractivity contribution in [3.63, 3.8) is 0 Å². The minimum absolute atomic E-state index is 0.0410. The van der Waals surface area contributed by atoms with Crippen LogP contribution in [0.4, 0.5) is 0 Å². The molecule has 0 atom stereocenters. The Bertz CT molecular complexity index is 871. The van der Waals surface area contributed by atoms with E-state index in [1.54, 1.807) is 34.1 Å². The van der Waals surface area contributed by atoms with Crippen molar-refractivity contribution in [2.24, 2.45) is 5.41 Å². The number of piperazine rings is 1. The van der Waals surface area contributed by atoms with Gasteiger partial charge in [0.05, 0.1) is 5.39 Å². The molecule has 6 heteroatoms. The number of hydrogen-bond acceptors (Lipinski definition) is 4. The van der Waals surface area contributed by atoms with Crippen LogP contribution in [0.15, 0.2) is 39.5 Å². The lowest BCUT2D eigenvalue weighted by atomic mass is 9.94. The van der Waals surface area contributed by atoms with Crippen molar-refractivity contribution in [1.82, 2.24) is 9.80 Å². The molecule has 2 amide bonds. The van der Waals surface area contributed by atoms with Crippen LogP contribution >= 0.6 is 0 Å². The van der Waals surface area contributed by atoms with Crippen LogP contribution in [0.1, 0.15) is 31.3 Å². The van der Waals surface area contributed by atoms with Gasteiger partial charge in [-0.05, 0) is 12.1 Å². The highest BCUT2D eigenvalue weighted by atomic mass is 16.3. The third-order valence-electron chi connectivity index (χ3n) is 4.34. The van der Waals surface area contributed by atoms with E-state index in [1.807, 2.05) is 20.8 Å². The van der Waals surface area contributed by atoms with Gasteiger partial charge in [0.1, 0.15) is 5.58 Å². The summed E-state index contributed by atoms with van der Waals surface area (Å²) in [6, 6.07) is 8.11. The second-order valence-corrected chi connectivity index (χ2v) is 7.31. The number of benzene rings is 1. The van der Waals surface area contributed by atoms with Crippen molar-refractivity contribution in [2.45, 2.75) is 20.8 Å². The number of amides is 2. The molecule has 1 aromatic heterocycles. The molecule has 0 N–H and O–H groups in total. The van der Waals surface area contributed by atoms with Gasteiger partial charge in [0.25, 0.3) is 5.91 Å². The summed E-state index contributed by atoms with van der Waals surface area (Å²) in [6.07, 6.45) is 0. The van der Waals surface area contributed by atoms with E-state index in [1.165, 1.54) is 6.07 Å². The first-order valence-corrected chi connectivity index (χ1v) is 8.39. The number of rotatable bonds is 1. The summed E-state index contributed by atoms with van der Waals surface area (Å²) < 4.78 is 5.61. The maximum Gasteiger partial charge on any atom is 0.289 e. The Morgan fingerprint density at radius 3 is 2.24 bits per heavy atom. The Kier molecular flexibility index (Phi) is 4.37. The first-order chi connectivity index (χ1) is 11.8. The normalized spacial score (nSPS) is 15.5. The third-order valence-corrected chi connectivity index (χ3v) is 4.34. The fourth-order valence-electron chi connectivity index (χ4n) is 2.95. The minimum Gasteiger partial charge on any atom is -0.451 e. The zero-order chi connectivity index (χ0) is 18.2. The summed E-state index contributed by atoms with van der Waals surface area (Å²) in [6.45, 7) is 7.48. The summed E-state index contributed by atoms with van der Waals surface area (Å²) in [5.41, 5.74) is -0.260. The number of carbonyl (C=O) groups is 2. The molecule has 132 valence electrons. The van der Waals surface area contributed by atoms with Gasteiger partial charge >= 0.3 is 0 Å². The van der Waals surface area contributed by atoms with Gasteiger partial charge in [0.2, 0.25) is 5.91 Å². The van der Waals surface area contributed by atoms with Gasteiger partial charge in [-0.3, -0.25) is 14.4 Å². The van der Waals surface area contributed by atoms with Crippen LogP contribution in [-0.2, 0) is 4.79 Å². The SMILES string of the molecule is CC(C)(C)C(=O)N1CCN(C(=O)c2cc(=O)c3ccccc3o2)CC1. The highest BCUT2D eigenvalue weighted by Gasteiger charge is 2.31. The molecule has 0 spiro atoms. The Labute approximate surface area is 146 Å². The Morgan fingerprint density at radius 1 is 1.00 bits per heavy atom. The number of carbonyl (C=O) groups excluding carboxylic acids is 2. The summed E-state index contributed by atoms with van der Waals surface area (Å²) in [5, 5.41) is 0.458. The zero-order valence-corrected chi connectivity index (χ0v) is 14.7. The highest BCUT2D eigenvalue weighted by Crippen LogP contribution is 2.19. The topological polar surface area (TPSA) is 70.8 Å². The van der Waals surface area contributed by atoms with E-state index in [9.17, 15) is 14.4 Å². The lowest BCUT2D eigenvalue weighted by Gasteiger charge is -2.37. The zero-order valence-electron chi connectivity index (χ0n) is 14.7. The highest BCUT2D eigenvalue weighted by molar-refractivity contribution is 5.93. The smallest absolute Gasteiger partial charge is 0.289 e. The van der Waals surface area contributed by atoms with Gasteiger partial charge in [-0.25, -0.2) is 0 Å². The average molecular weight is 342 g/mol. The second-order valence-electron chi connectivity index (χ2n) is 7.31. The molecule has 1 saturated heterocycles. The van der Waals surface area contributed by atoms with Crippen LogP contribution in [0, 0.1) is 5.41 Å². The minimum atomic E-state index is -0.433. The van der Waals surface area contributed by atoms with Gasteiger partial charge in [-0.1, -0.05) is 32.9 Å². The molecule has 1 fully saturated rings. The third kappa shape index (κ3) is 3.43. The van der Waals surface area contributed by atoms with Crippen molar-refractivity contribution < 1.29 is 14.0 Å². The van der Waals surface area contributed by atoms with Crippen LogP contribution in [-0.4, -0.2) is 47.8 Å². The first-order valence-electron chi connectivity index (χ1n) is 8.39. The fraction of sp³-hybridized carbons (Fsp3) is 0.421. The van der Waals surface area contributed by atoms with Crippen LogP contribution in [0.25, 0.3) is 11.0 Å². The molecule has 0 unspecified atom stereocenters. The molecule has 0 aliphatic carbocycles. The first kappa shape index (κ1) is 17.2. The Morgan fingerprint density at radius 2 is 1.60 bits per heavy atom. The maximum atomic E-state index is 12.7. The van der Waals surface area contributed by atoms with E-state index >= 15 is 0 Å². The van der Waals surface area contributed by atoms with E-state index < -0.39 is 5.41 Å². The molecule has 1 aliphatic rings. The van der Waals surface area contributed by atoms with E-state index in [0.717, 1.165) is 0 Å². The molecule has 1 aliphatic heterocycles. The summed E-state index contributed by atoms with van der Waals surface area (Å²) in [5.74, 6) is -0.193. The van der Waals surface area contributed by atoms with Crippen molar-refractivity contribution >= 4 is 22.8 Å². The molecule has 2 heterocycles. The van der Waals surface area contributed by atoms with Crippen LogP contribution in [0.2, 0.25) is 0 Å². The number of nitrogens with zero attached hydrogens (tertiary/aromatic N) is 2. The van der Waals surface area contributed by atoms with E-state index in [2.05, 4.69) is 0 Å². The van der Waals surface area contributed by atoms with Crippen LogP contribution in [0.5, 0.6) is 0 Å². The maximum absolute atomic E-state index is 12.7. The quantitative estimate of drug-likeness (QED) is 0.796. The van der Waals surface area contributed by atoms with E-state index in [0.29, 0.717) is 37.1 Å². The molecule has 25 heavy (non-hydrogen) atoms. The Balaban J connectivity index is 1.75. The molecule has 0 radical (unpaired) electrons. The number of hydrogen-bond donors (Lipinski definition) is 0. The number of para-hydroxylation sites is 1. The van der Waals surface area contributed by atoms with Gasteiger partial charge < -0.3 is 14.2 Å². The van der Waals surface area contributed by atoms with Gasteiger partial charge in [-0.15, -0.1) is 0 Å². The van der Waals surface area contributed by atoms with Crippen molar-refractivity contribution in [3.8, 4) is 0 Å². The second kappa shape index (κ2) is 6.35. The summed E-state index contributed by atoms with van der Waals surface area (Å²) in [4.78, 5) is 40.5. The summed E-state index contributed by atoms with van der Waals surface area (Å²) >= 11 is 0. The number of fused-ring (bicyclic) bond motifs is 1. The molecule has 2 aromatic rings. The van der Waals surface area contributed by atoms with Crippen molar-refractivity contribution in [1.29, 1.82) is 0 Å². The Hall–Kier alpha value is -2.63. The molecular formula is C19H22N2O4. The van der Waals surface area contributed by atoms with Crippen molar-refractivity contribution in [3.05, 3.63) is 46.3 Å². The lowest BCUT2D eigenvalue weighted by molar-refractivity contribution is -0.140. The summed E-state index contributed by atoms with van der Waals surface area (Å²) in [7, 11) is 0. The molecule has 1 aromatic carbocycles. The average Bonchev–Trinajstić information content (AvgIpc) is 2.60. The molecule has 3 rings (SSSR count). The molecule has 0 saturated carbocycles. The monoisotopic (exact) mass is 342 g/mol. The lowest BCUT2D eigenvalue weighted by Crippen LogP contribution is -2.53.